The van der Waals surface area contributed by atoms with Gasteiger partial charge in [-0.1, -0.05) is 105 Å². The molecular weight excluding hydrogens is 372 g/mol. The first-order valence-corrected chi connectivity index (χ1v) is 11.0. The molecule has 0 aromatic heterocycles. The summed E-state index contributed by atoms with van der Waals surface area (Å²) in [6, 6.07) is 41.9. The molecule has 5 aromatic carbocycles. The maximum atomic E-state index is 2.32. The van der Waals surface area contributed by atoms with E-state index in [1.54, 1.807) is 0 Å². The lowest BCUT2D eigenvalue weighted by Crippen LogP contribution is -1.89. The van der Waals surface area contributed by atoms with Crippen molar-refractivity contribution in [2.45, 2.75) is 19.8 Å². The molecule has 150 valence electrons. The predicted molar refractivity (Wildman–Crippen MR) is 134 cm³/mol. The van der Waals surface area contributed by atoms with Crippen LogP contribution in [-0.4, -0.2) is 0 Å². The second-order valence-electron chi connectivity index (χ2n) is 8.50. The summed E-state index contributed by atoms with van der Waals surface area (Å²) in [5.74, 6) is 0.540. The molecule has 0 fully saturated rings. The molecule has 0 N–H and O–H groups in total. The summed E-state index contributed by atoms with van der Waals surface area (Å²) in [4.78, 5) is 0. The van der Waals surface area contributed by atoms with Crippen molar-refractivity contribution >= 4 is 10.8 Å². The van der Waals surface area contributed by atoms with Gasteiger partial charge in [-0.2, -0.15) is 0 Å². The first-order chi connectivity index (χ1) is 15.2. The zero-order valence-electron chi connectivity index (χ0n) is 18.0. The molecule has 0 atom stereocenters. The Balaban J connectivity index is 1.67. The zero-order chi connectivity index (χ0) is 21.2. The molecule has 0 aliphatic rings. The molecular formula is C31H26. The third-order valence-corrected chi connectivity index (χ3v) is 6.03. The average Bonchev–Trinajstić information content (AvgIpc) is 2.84. The summed E-state index contributed by atoms with van der Waals surface area (Å²) in [5, 5.41) is 2.54. The van der Waals surface area contributed by atoms with Gasteiger partial charge in [0.1, 0.15) is 0 Å². The second-order valence-corrected chi connectivity index (χ2v) is 8.50. The molecule has 0 aliphatic carbocycles. The van der Waals surface area contributed by atoms with Crippen LogP contribution < -0.4 is 0 Å². The van der Waals surface area contributed by atoms with Crippen molar-refractivity contribution in [1.82, 2.24) is 0 Å². The summed E-state index contributed by atoms with van der Waals surface area (Å²) in [5.41, 5.74) is 8.85. The Bertz CT molecular complexity index is 1330. The molecule has 0 unspecified atom stereocenters. The summed E-state index contributed by atoms with van der Waals surface area (Å²) < 4.78 is 0. The van der Waals surface area contributed by atoms with Crippen LogP contribution in [0.3, 0.4) is 0 Å². The van der Waals surface area contributed by atoms with Gasteiger partial charge in [0.25, 0.3) is 0 Å². The summed E-state index contributed by atoms with van der Waals surface area (Å²) >= 11 is 0. The van der Waals surface area contributed by atoms with Crippen molar-refractivity contribution < 1.29 is 0 Å². The van der Waals surface area contributed by atoms with E-state index >= 15 is 0 Å². The van der Waals surface area contributed by atoms with Gasteiger partial charge in [-0.05, 0) is 79.9 Å². The van der Waals surface area contributed by atoms with Crippen LogP contribution in [0, 0.1) is 0 Å². The van der Waals surface area contributed by atoms with Crippen molar-refractivity contribution in [3.8, 4) is 33.4 Å². The van der Waals surface area contributed by atoms with Gasteiger partial charge in [0, 0.05) is 0 Å². The standard InChI is InChI=1S/C31H26/c1-22(2)23-12-14-26(15-13-23)30-19-29(24-8-4-3-5-9-24)20-31(21-30)28-17-16-25-10-6-7-11-27(25)18-28/h3-22H,1-2H3. The van der Waals surface area contributed by atoms with Crippen molar-refractivity contribution in [2.24, 2.45) is 0 Å². The minimum Gasteiger partial charge on any atom is -0.0622 e. The highest BCUT2D eigenvalue weighted by atomic mass is 14.1. The number of fused-ring (bicyclic) bond motifs is 1. The van der Waals surface area contributed by atoms with E-state index in [1.165, 1.54) is 49.7 Å². The number of benzene rings is 5. The Morgan fingerprint density at radius 2 is 0.903 bits per heavy atom. The van der Waals surface area contributed by atoms with Gasteiger partial charge in [-0.15, -0.1) is 0 Å². The molecule has 0 saturated heterocycles. The third kappa shape index (κ3) is 4.02. The van der Waals surface area contributed by atoms with Gasteiger partial charge in [-0.3, -0.25) is 0 Å². The highest BCUT2D eigenvalue weighted by Gasteiger charge is 2.09. The van der Waals surface area contributed by atoms with E-state index < -0.39 is 0 Å². The lowest BCUT2D eigenvalue weighted by Gasteiger charge is -2.13. The van der Waals surface area contributed by atoms with E-state index in [-0.39, 0.29) is 0 Å². The molecule has 0 bridgehead atoms. The van der Waals surface area contributed by atoms with E-state index in [9.17, 15) is 0 Å². The maximum absolute atomic E-state index is 2.32. The van der Waals surface area contributed by atoms with Gasteiger partial charge < -0.3 is 0 Å². The van der Waals surface area contributed by atoms with E-state index in [1.807, 2.05) is 0 Å². The summed E-state index contributed by atoms with van der Waals surface area (Å²) in [7, 11) is 0. The van der Waals surface area contributed by atoms with Crippen LogP contribution in [0.25, 0.3) is 44.2 Å². The van der Waals surface area contributed by atoms with Crippen LogP contribution in [0.4, 0.5) is 0 Å². The first kappa shape index (κ1) is 19.3. The topological polar surface area (TPSA) is 0 Å². The van der Waals surface area contributed by atoms with E-state index in [0.29, 0.717) is 5.92 Å². The summed E-state index contributed by atoms with van der Waals surface area (Å²) in [6.07, 6.45) is 0. The predicted octanol–water partition coefficient (Wildman–Crippen LogP) is 8.96. The monoisotopic (exact) mass is 398 g/mol. The molecule has 0 radical (unpaired) electrons. The molecule has 0 spiro atoms. The smallest absolute Gasteiger partial charge is 0.0171 e. The average molecular weight is 399 g/mol. The number of hydrogen-bond acceptors (Lipinski definition) is 0. The van der Waals surface area contributed by atoms with E-state index in [4.69, 9.17) is 0 Å². The fourth-order valence-corrected chi connectivity index (χ4v) is 4.19. The molecule has 0 heteroatoms. The molecule has 0 nitrogen and oxygen atoms in total. The van der Waals surface area contributed by atoms with Gasteiger partial charge in [0.2, 0.25) is 0 Å². The lowest BCUT2D eigenvalue weighted by atomic mass is 9.92. The first-order valence-electron chi connectivity index (χ1n) is 11.0. The Kier molecular flexibility index (Phi) is 5.14. The van der Waals surface area contributed by atoms with Crippen LogP contribution in [0.5, 0.6) is 0 Å². The van der Waals surface area contributed by atoms with Crippen LogP contribution >= 0.6 is 0 Å². The Hall–Kier alpha value is -3.64. The van der Waals surface area contributed by atoms with Crippen molar-refractivity contribution in [3.63, 3.8) is 0 Å². The van der Waals surface area contributed by atoms with E-state index in [0.717, 1.165) is 0 Å². The quantitative estimate of drug-likeness (QED) is 0.283. The van der Waals surface area contributed by atoms with Gasteiger partial charge in [-0.25, -0.2) is 0 Å². The molecule has 5 aromatic rings. The minimum absolute atomic E-state index is 0.540. The Morgan fingerprint density at radius 1 is 0.387 bits per heavy atom. The Morgan fingerprint density at radius 3 is 1.55 bits per heavy atom. The zero-order valence-corrected chi connectivity index (χ0v) is 18.0. The summed E-state index contributed by atoms with van der Waals surface area (Å²) in [6.45, 7) is 4.48. The highest BCUT2D eigenvalue weighted by molar-refractivity contribution is 5.89. The number of rotatable bonds is 4. The molecule has 0 amide bonds. The van der Waals surface area contributed by atoms with Gasteiger partial charge in [0.05, 0.1) is 0 Å². The lowest BCUT2D eigenvalue weighted by molar-refractivity contribution is 0.867. The molecule has 0 heterocycles. The Labute approximate surface area is 184 Å². The fourth-order valence-electron chi connectivity index (χ4n) is 4.19. The minimum atomic E-state index is 0.540. The second kappa shape index (κ2) is 8.24. The fraction of sp³-hybridized carbons (Fsp3) is 0.0968. The molecule has 0 aliphatic heterocycles. The van der Waals surface area contributed by atoms with Crippen LogP contribution in [0.2, 0.25) is 0 Å². The van der Waals surface area contributed by atoms with Gasteiger partial charge in [0.15, 0.2) is 0 Å². The largest absolute Gasteiger partial charge is 0.0622 e. The SMILES string of the molecule is CC(C)c1ccc(-c2cc(-c3ccccc3)cc(-c3ccc4ccccc4c3)c2)cc1. The van der Waals surface area contributed by atoms with Crippen molar-refractivity contribution in [3.05, 3.63) is 121 Å². The highest BCUT2D eigenvalue weighted by Crippen LogP contribution is 2.34. The van der Waals surface area contributed by atoms with E-state index in [2.05, 4.69) is 129 Å². The molecule has 31 heavy (non-hydrogen) atoms. The van der Waals surface area contributed by atoms with Crippen molar-refractivity contribution in [1.29, 1.82) is 0 Å². The van der Waals surface area contributed by atoms with Crippen LogP contribution in [0.1, 0.15) is 25.3 Å². The molecule has 5 rings (SSSR count). The molecule has 0 saturated carbocycles. The normalized spacial score (nSPS) is 11.2. The van der Waals surface area contributed by atoms with Gasteiger partial charge >= 0.3 is 0 Å². The van der Waals surface area contributed by atoms with Crippen LogP contribution in [-0.2, 0) is 0 Å². The number of hydrogen-bond donors (Lipinski definition) is 0. The maximum Gasteiger partial charge on any atom is -0.0171 e. The van der Waals surface area contributed by atoms with Crippen molar-refractivity contribution in [2.75, 3.05) is 0 Å². The van der Waals surface area contributed by atoms with Crippen LogP contribution in [0.15, 0.2) is 115 Å². The third-order valence-electron chi connectivity index (χ3n) is 6.03.